The predicted molar refractivity (Wildman–Crippen MR) is 270 cm³/mol. The molecule has 0 fully saturated rings. The van der Waals surface area contributed by atoms with E-state index in [1.807, 2.05) is 18.2 Å². The van der Waals surface area contributed by atoms with E-state index in [0.29, 0.717) is 17.5 Å². The van der Waals surface area contributed by atoms with E-state index in [1.54, 1.807) is 11.3 Å². The van der Waals surface area contributed by atoms with Crippen LogP contribution in [0.15, 0.2) is 205 Å². The molecule has 0 atom stereocenters. The number of hydrogen-bond acceptors (Lipinski definition) is 5. The van der Waals surface area contributed by atoms with Gasteiger partial charge in [-0.05, 0) is 98.1 Å². The Bertz CT molecular complexity index is 3880. The van der Waals surface area contributed by atoms with Gasteiger partial charge in [-0.3, -0.25) is 0 Å². The van der Waals surface area contributed by atoms with Crippen LogP contribution >= 0.6 is 11.3 Å². The number of fused-ring (bicyclic) bond motifs is 9. The molecule has 4 nitrogen and oxygen atoms in total. The Hall–Kier alpha value is -7.99. The highest BCUT2D eigenvalue weighted by molar-refractivity contribution is 7.25. The maximum atomic E-state index is 6.62. The topological polar surface area (TPSA) is 51.8 Å². The number of benzene rings is 9. The molecule has 3 aromatic heterocycles. The van der Waals surface area contributed by atoms with E-state index in [9.17, 15) is 0 Å². The standard InChI is InChI=1S/C60H39N3OS/c1-60(2)49-25-10-8-20-42(49)47-34-39(29-31-50(47)60)37-17-12-18-38(33-37)40-30-32-51-48(35-40)55-45(23-13-26-52(55)64-51)58-61-57(43-21-7-6-19-41(43)36-15-4-3-5-16-36)62-59(63-58)46-24-14-28-54-56(46)44-22-9-11-27-53(44)65-54/h3-35H,1-2H3. The van der Waals surface area contributed by atoms with Crippen LogP contribution in [0.4, 0.5) is 0 Å². The highest BCUT2D eigenvalue weighted by Crippen LogP contribution is 2.50. The summed E-state index contributed by atoms with van der Waals surface area (Å²) in [5, 5.41) is 4.33. The van der Waals surface area contributed by atoms with E-state index in [0.717, 1.165) is 66.3 Å². The first-order chi connectivity index (χ1) is 32.0. The van der Waals surface area contributed by atoms with Crippen LogP contribution in [0, 0.1) is 0 Å². The lowest BCUT2D eigenvalue weighted by atomic mass is 9.82. The molecule has 13 rings (SSSR count). The second-order valence-electron chi connectivity index (χ2n) is 17.5. The van der Waals surface area contributed by atoms with Gasteiger partial charge in [0.05, 0.1) is 0 Å². The summed E-state index contributed by atoms with van der Waals surface area (Å²) in [7, 11) is 0. The third-order valence-electron chi connectivity index (χ3n) is 13.4. The third kappa shape index (κ3) is 6.00. The fourth-order valence-electron chi connectivity index (χ4n) is 10.2. The zero-order chi connectivity index (χ0) is 43.2. The van der Waals surface area contributed by atoms with E-state index in [-0.39, 0.29) is 5.41 Å². The molecule has 0 unspecified atom stereocenters. The molecular formula is C60H39N3OS. The van der Waals surface area contributed by atoms with Crippen molar-refractivity contribution < 1.29 is 4.42 Å². The average molecular weight is 850 g/mol. The Morgan fingerprint density at radius 2 is 0.908 bits per heavy atom. The lowest BCUT2D eigenvalue weighted by molar-refractivity contribution is 0.660. The molecule has 3 heterocycles. The van der Waals surface area contributed by atoms with Crippen molar-refractivity contribution in [3.05, 3.63) is 211 Å². The zero-order valence-corrected chi connectivity index (χ0v) is 36.5. The van der Waals surface area contributed by atoms with Gasteiger partial charge in [0, 0.05) is 53.1 Å². The molecule has 0 amide bonds. The van der Waals surface area contributed by atoms with Gasteiger partial charge in [-0.25, -0.2) is 15.0 Å². The molecule has 306 valence electrons. The molecular weight excluding hydrogens is 811 g/mol. The van der Waals surface area contributed by atoms with Crippen LogP contribution < -0.4 is 0 Å². The summed E-state index contributed by atoms with van der Waals surface area (Å²) in [5.74, 6) is 1.83. The molecule has 1 aliphatic carbocycles. The molecule has 12 aromatic rings. The second-order valence-corrected chi connectivity index (χ2v) is 18.6. The van der Waals surface area contributed by atoms with Crippen molar-refractivity contribution in [2.75, 3.05) is 0 Å². The second kappa shape index (κ2) is 14.5. The number of nitrogens with zero attached hydrogens (tertiary/aromatic N) is 3. The van der Waals surface area contributed by atoms with Crippen molar-refractivity contribution in [2.45, 2.75) is 19.3 Å². The largest absolute Gasteiger partial charge is 0.456 e. The van der Waals surface area contributed by atoms with Crippen LogP contribution in [0.3, 0.4) is 0 Å². The van der Waals surface area contributed by atoms with E-state index in [2.05, 4.69) is 196 Å². The molecule has 0 bridgehead atoms. The summed E-state index contributed by atoms with van der Waals surface area (Å²) in [4.78, 5) is 16.1. The monoisotopic (exact) mass is 849 g/mol. The van der Waals surface area contributed by atoms with E-state index in [4.69, 9.17) is 19.4 Å². The lowest BCUT2D eigenvalue weighted by Gasteiger charge is -2.21. The van der Waals surface area contributed by atoms with Crippen molar-refractivity contribution in [1.82, 2.24) is 15.0 Å². The first-order valence-electron chi connectivity index (χ1n) is 22.1. The molecule has 1 aliphatic rings. The van der Waals surface area contributed by atoms with Crippen LogP contribution in [0.2, 0.25) is 0 Å². The highest BCUT2D eigenvalue weighted by Gasteiger charge is 2.35. The van der Waals surface area contributed by atoms with Crippen molar-refractivity contribution in [3.63, 3.8) is 0 Å². The van der Waals surface area contributed by atoms with Gasteiger partial charge >= 0.3 is 0 Å². The Morgan fingerprint density at radius 1 is 0.354 bits per heavy atom. The van der Waals surface area contributed by atoms with Gasteiger partial charge in [-0.1, -0.05) is 172 Å². The molecule has 0 radical (unpaired) electrons. The Morgan fingerprint density at radius 3 is 1.72 bits per heavy atom. The van der Waals surface area contributed by atoms with Gasteiger partial charge < -0.3 is 4.42 Å². The molecule has 5 heteroatoms. The minimum Gasteiger partial charge on any atom is -0.456 e. The van der Waals surface area contributed by atoms with E-state index < -0.39 is 0 Å². The lowest BCUT2D eigenvalue weighted by Crippen LogP contribution is -2.14. The fraction of sp³-hybridized carbons (Fsp3) is 0.0500. The average Bonchev–Trinajstić information content (AvgIpc) is 4.01. The number of furan rings is 1. The summed E-state index contributed by atoms with van der Waals surface area (Å²) >= 11 is 1.79. The minimum absolute atomic E-state index is 0.0298. The number of aromatic nitrogens is 3. The summed E-state index contributed by atoms with van der Waals surface area (Å²) < 4.78 is 9.05. The number of rotatable bonds is 6. The maximum absolute atomic E-state index is 6.62. The first-order valence-corrected chi connectivity index (χ1v) is 22.9. The van der Waals surface area contributed by atoms with Gasteiger partial charge in [0.2, 0.25) is 0 Å². The van der Waals surface area contributed by atoms with Crippen LogP contribution in [-0.2, 0) is 5.41 Å². The van der Waals surface area contributed by atoms with Crippen molar-refractivity contribution in [2.24, 2.45) is 0 Å². The highest BCUT2D eigenvalue weighted by atomic mass is 32.1. The first kappa shape index (κ1) is 37.6. The van der Waals surface area contributed by atoms with Crippen LogP contribution in [-0.4, -0.2) is 15.0 Å². The summed E-state index contributed by atoms with van der Waals surface area (Å²) in [6.45, 7) is 4.66. The Balaban J connectivity index is 0.982. The maximum Gasteiger partial charge on any atom is 0.164 e. The van der Waals surface area contributed by atoms with Gasteiger partial charge in [-0.15, -0.1) is 11.3 Å². The summed E-state index contributed by atoms with van der Waals surface area (Å²) in [6, 6.07) is 71.3. The molecule has 0 N–H and O–H groups in total. The summed E-state index contributed by atoms with van der Waals surface area (Å²) in [5.41, 5.74) is 16.6. The minimum atomic E-state index is -0.0298. The number of hydrogen-bond donors (Lipinski definition) is 0. The van der Waals surface area contributed by atoms with Gasteiger partial charge in [0.1, 0.15) is 11.2 Å². The molecule has 0 saturated heterocycles. The molecule has 0 aliphatic heterocycles. The van der Waals surface area contributed by atoms with Crippen LogP contribution in [0.25, 0.3) is 121 Å². The molecule has 0 saturated carbocycles. The Kier molecular flexibility index (Phi) is 8.39. The van der Waals surface area contributed by atoms with Crippen molar-refractivity contribution in [1.29, 1.82) is 0 Å². The third-order valence-corrected chi connectivity index (χ3v) is 14.5. The predicted octanol–water partition coefficient (Wildman–Crippen LogP) is 16.4. The van der Waals surface area contributed by atoms with Gasteiger partial charge in [-0.2, -0.15) is 0 Å². The smallest absolute Gasteiger partial charge is 0.164 e. The SMILES string of the molecule is CC1(C)c2ccccc2-c2cc(-c3cccc(-c4ccc5oc6cccc(-c7nc(-c8ccccc8-c8ccccc8)nc(-c8cccc9sc%10ccccc%10c89)n7)c6c5c4)c3)ccc21. The molecule has 9 aromatic carbocycles. The van der Waals surface area contributed by atoms with Gasteiger partial charge in [0.15, 0.2) is 17.5 Å². The molecule has 0 spiro atoms. The van der Waals surface area contributed by atoms with Crippen LogP contribution in [0.5, 0.6) is 0 Å². The van der Waals surface area contributed by atoms with Crippen molar-refractivity contribution in [3.8, 4) is 78.7 Å². The molecule has 65 heavy (non-hydrogen) atoms. The van der Waals surface area contributed by atoms with Crippen LogP contribution in [0.1, 0.15) is 25.0 Å². The number of thiophene rings is 1. The van der Waals surface area contributed by atoms with Gasteiger partial charge in [0.25, 0.3) is 0 Å². The Labute approximate surface area is 380 Å². The van der Waals surface area contributed by atoms with E-state index in [1.165, 1.54) is 48.2 Å². The zero-order valence-electron chi connectivity index (χ0n) is 35.7. The normalized spacial score (nSPS) is 12.9. The fourth-order valence-corrected chi connectivity index (χ4v) is 11.3. The quantitative estimate of drug-likeness (QED) is 0.167. The van der Waals surface area contributed by atoms with Crippen molar-refractivity contribution >= 4 is 53.4 Å². The van der Waals surface area contributed by atoms with E-state index >= 15 is 0 Å². The summed E-state index contributed by atoms with van der Waals surface area (Å²) in [6.07, 6.45) is 0.